The number of carbonyl (C=O) groups excluding carboxylic acids is 1. The lowest BCUT2D eigenvalue weighted by Crippen LogP contribution is -2.18. The molecule has 8 heteroatoms. The van der Waals surface area contributed by atoms with Crippen molar-refractivity contribution >= 4 is 5.97 Å². The Balaban J connectivity index is 2.98. The Morgan fingerprint density at radius 3 is 2.59 bits per heavy atom. The van der Waals surface area contributed by atoms with Gasteiger partial charge in [0.25, 0.3) is 0 Å². The van der Waals surface area contributed by atoms with Crippen molar-refractivity contribution in [2.75, 3.05) is 6.61 Å². The van der Waals surface area contributed by atoms with Crippen LogP contribution in [0.15, 0.2) is 12.1 Å². The summed E-state index contributed by atoms with van der Waals surface area (Å²) in [5, 5.41) is 0. The van der Waals surface area contributed by atoms with E-state index in [1.54, 1.807) is 0 Å². The van der Waals surface area contributed by atoms with Gasteiger partial charge in [0.15, 0.2) is 5.69 Å². The fourth-order valence-electron chi connectivity index (χ4n) is 0.976. The predicted molar refractivity (Wildman–Crippen MR) is 46.8 cm³/mol. The van der Waals surface area contributed by atoms with E-state index in [9.17, 15) is 22.4 Å². The number of hydrogen-bond acceptors (Lipinski definition) is 4. The molecule has 0 aliphatic heterocycles. The minimum Gasteiger partial charge on any atom is -0.461 e. The zero-order chi connectivity index (χ0) is 13.1. The molecule has 0 bridgehead atoms. The normalized spacial score (nSPS) is 11.1. The number of nitrogens with zero attached hydrogens (tertiary/aromatic N) is 1. The lowest BCUT2D eigenvalue weighted by molar-refractivity contribution is -0.274. The Labute approximate surface area is 93.2 Å². The fraction of sp³-hybridized carbons (Fsp3) is 0.333. The first-order valence-electron chi connectivity index (χ1n) is 4.42. The van der Waals surface area contributed by atoms with Gasteiger partial charge in [-0.3, -0.25) is 0 Å². The third kappa shape index (κ3) is 4.25. The average Bonchev–Trinajstić information content (AvgIpc) is 2.14. The van der Waals surface area contributed by atoms with Crippen LogP contribution in [0.3, 0.4) is 0 Å². The van der Waals surface area contributed by atoms with Crippen LogP contribution in [0.25, 0.3) is 0 Å². The summed E-state index contributed by atoms with van der Waals surface area (Å²) in [5.41, 5.74) is -0.592. The number of rotatable bonds is 3. The molecule has 0 saturated carbocycles. The molecule has 4 nitrogen and oxygen atoms in total. The van der Waals surface area contributed by atoms with Crippen molar-refractivity contribution in [2.24, 2.45) is 0 Å². The van der Waals surface area contributed by atoms with Crippen molar-refractivity contribution in [3.05, 3.63) is 23.8 Å². The number of esters is 1. The molecule has 0 saturated heterocycles. The first-order chi connectivity index (χ1) is 7.81. The quantitative estimate of drug-likeness (QED) is 0.471. The summed E-state index contributed by atoms with van der Waals surface area (Å²) in [7, 11) is 0. The van der Waals surface area contributed by atoms with Crippen molar-refractivity contribution in [2.45, 2.75) is 13.3 Å². The van der Waals surface area contributed by atoms with E-state index in [2.05, 4.69) is 14.5 Å². The highest BCUT2D eigenvalue weighted by molar-refractivity contribution is 5.87. The van der Waals surface area contributed by atoms with Gasteiger partial charge in [0.1, 0.15) is 5.75 Å². The van der Waals surface area contributed by atoms with Gasteiger partial charge in [-0.05, 0) is 6.92 Å². The molecule has 0 N–H and O–H groups in total. The van der Waals surface area contributed by atoms with E-state index in [1.807, 2.05) is 0 Å². The molecule has 0 fully saturated rings. The van der Waals surface area contributed by atoms with E-state index < -0.39 is 29.7 Å². The SMILES string of the molecule is CCOC(=O)c1cc(OC(F)(F)F)cc(F)n1. The van der Waals surface area contributed by atoms with E-state index in [1.165, 1.54) is 6.92 Å². The second kappa shape index (κ2) is 4.98. The number of alkyl halides is 3. The summed E-state index contributed by atoms with van der Waals surface area (Å²) in [4.78, 5) is 14.2. The molecule has 94 valence electrons. The molecule has 0 aliphatic rings. The topological polar surface area (TPSA) is 48.4 Å². The molecular weight excluding hydrogens is 246 g/mol. The van der Waals surface area contributed by atoms with Gasteiger partial charge < -0.3 is 9.47 Å². The largest absolute Gasteiger partial charge is 0.573 e. The smallest absolute Gasteiger partial charge is 0.461 e. The van der Waals surface area contributed by atoms with Gasteiger partial charge in [-0.1, -0.05) is 0 Å². The molecule has 0 aromatic carbocycles. The van der Waals surface area contributed by atoms with Crippen molar-refractivity contribution < 1.29 is 31.8 Å². The molecule has 0 amide bonds. The molecule has 17 heavy (non-hydrogen) atoms. The van der Waals surface area contributed by atoms with Crippen LogP contribution in [0, 0.1) is 5.95 Å². The molecule has 1 aromatic heterocycles. The van der Waals surface area contributed by atoms with Crippen LogP contribution >= 0.6 is 0 Å². The van der Waals surface area contributed by atoms with Gasteiger partial charge in [0.2, 0.25) is 5.95 Å². The summed E-state index contributed by atoms with van der Waals surface area (Å²) in [6, 6.07) is 1.06. The Morgan fingerprint density at radius 2 is 2.06 bits per heavy atom. The zero-order valence-electron chi connectivity index (χ0n) is 8.55. The molecule has 0 spiro atoms. The summed E-state index contributed by atoms with van der Waals surface area (Å²) in [6.45, 7) is 1.48. The third-order valence-corrected chi connectivity index (χ3v) is 1.49. The van der Waals surface area contributed by atoms with E-state index in [4.69, 9.17) is 0 Å². The lowest BCUT2D eigenvalue weighted by atomic mass is 10.3. The van der Waals surface area contributed by atoms with Crippen LogP contribution < -0.4 is 4.74 Å². The van der Waals surface area contributed by atoms with Gasteiger partial charge in [-0.25, -0.2) is 9.78 Å². The Hall–Kier alpha value is -1.86. The van der Waals surface area contributed by atoms with Crippen LogP contribution in [-0.2, 0) is 4.74 Å². The summed E-state index contributed by atoms with van der Waals surface area (Å²) in [6.07, 6.45) is -4.97. The average molecular weight is 253 g/mol. The molecular formula is C9H7F4NO3. The monoisotopic (exact) mass is 253 g/mol. The molecule has 0 unspecified atom stereocenters. The molecule has 1 rings (SSSR count). The maximum Gasteiger partial charge on any atom is 0.573 e. The number of hydrogen-bond donors (Lipinski definition) is 0. The van der Waals surface area contributed by atoms with Crippen LogP contribution in [0.2, 0.25) is 0 Å². The maximum atomic E-state index is 12.8. The van der Waals surface area contributed by atoms with Crippen molar-refractivity contribution in [3.63, 3.8) is 0 Å². The van der Waals surface area contributed by atoms with Crippen LogP contribution in [-0.4, -0.2) is 23.9 Å². The second-order valence-electron chi connectivity index (χ2n) is 2.78. The Bertz CT molecular complexity index is 419. The second-order valence-corrected chi connectivity index (χ2v) is 2.78. The van der Waals surface area contributed by atoms with E-state index >= 15 is 0 Å². The predicted octanol–water partition coefficient (Wildman–Crippen LogP) is 2.30. The van der Waals surface area contributed by atoms with Crippen LogP contribution in [0.4, 0.5) is 17.6 Å². The lowest BCUT2D eigenvalue weighted by Gasteiger charge is -2.09. The van der Waals surface area contributed by atoms with E-state index in [-0.39, 0.29) is 6.61 Å². The minimum atomic E-state index is -4.97. The van der Waals surface area contributed by atoms with Crippen molar-refractivity contribution in [1.82, 2.24) is 4.98 Å². The van der Waals surface area contributed by atoms with Crippen LogP contribution in [0.1, 0.15) is 17.4 Å². The maximum absolute atomic E-state index is 12.8. The third-order valence-electron chi connectivity index (χ3n) is 1.49. The highest BCUT2D eigenvalue weighted by atomic mass is 19.4. The standard InChI is InChI=1S/C9H7F4NO3/c1-2-16-8(15)6-3-5(4-7(10)14-6)17-9(11,12)13/h3-4H,2H2,1H3. The van der Waals surface area contributed by atoms with E-state index in [0.29, 0.717) is 12.1 Å². The number of pyridine rings is 1. The summed E-state index contributed by atoms with van der Waals surface area (Å²) >= 11 is 0. The van der Waals surface area contributed by atoms with Gasteiger partial charge in [0, 0.05) is 12.1 Å². The van der Waals surface area contributed by atoms with Gasteiger partial charge in [0.05, 0.1) is 6.61 Å². The highest BCUT2D eigenvalue weighted by Crippen LogP contribution is 2.23. The Morgan fingerprint density at radius 1 is 1.41 bits per heavy atom. The Kier molecular flexibility index (Phi) is 3.87. The molecule has 0 radical (unpaired) electrons. The number of aromatic nitrogens is 1. The number of carbonyl (C=O) groups is 1. The zero-order valence-corrected chi connectivity index (χ0v) is 8.55. The summed E-state index contributed by atoms with van der Waals surface area (Å²) < 4.78 is 56.4. The number of ether oxygens (including phenoxy) is 2. The summed E-state index contributed by atoms with van der Waals surface area (Å²) in [5.74, 6) is -3.16. The van der Waals surface area contributed by atoms with E-state index in [0.717, 1.165) is 0 Å². The fourth-order valence-corrected chi connectivity index (χ4v) is 0.976. The molecule has 1 heterocycles. The number of halogens is 4. The molecule has 1 aromatic rings. The minimum absolute atomic E-state index is 0.00745. The van der Waals surface area contributed by atoms with Crippen LogP contribution in [0.5, 0.6) is 5.75 Å². The first kappa shape index (κ1) is 13.2. The van der Waals surface area contributed by atoms with Crippen molar-refractivity contribution in [3.8, 4) is 5.75 Å². The van der Waals surface area contributed by atoms with Gasteiger partial charge >= 0.3 is 12.3 Å². The molecule has 0 aliphatic carbocycles. The highest BCUT2D eigenvalue weighted by Gasteiger charge is 2.31. The van der Waals surface area contributed by atoms with Crippen molar-refractivity contribution in [1.29, 1.82) is 0 Å². The molecule has 0 atom stereocenters. The van der Waals surface area contributed by atoms with Gasteiger partial charge in [-0.2, -0.15) is 4.39 Å². The van der Waals surface area contributed by atoms with Gasteiger partial charge in [-0.15, -0.1) is 13.2 Å². The first-order valence-corrected chi connectivity index (χ1v) is 4.42.